The standard InChI is InChI=1S/C14H20BrN3O/c1-9-7-11(3-4-12(9)15)18-10(2)8-17-14(19)13(18)5-6-16/h3-4,7,10,13H,5-6,8,16H2,1-2H3,(H,17,19). The zero-order valence-electron chi connectivity index (χ0n) is 11.3. The Morgan fingerprint density at radius 1 is 1.53 bits per heavy atom. The van der Waals surface area contributed by atoms with E-state index in [4.69, 9.17) is 5.73 Å². The van der Waals surface area contributed by atoms with Gasteiger partial charge in [-0.1, -0.05) is 15.9 Å². The highest BCUT2D eigenvalue weighted by Crippen LogP contribution is 2.28. The maximum absolute atomic E-state index is 12.0. The summed E-state index contributed by atoms with van der Waals surface area (Å²) in [4.78, 5) is 14.2. The molecule has 19 heavy (non-hydrogen) atoms. The Bertz CT molecular complexity index is 478. The van der Waals surface area contributed by atoms with Crippen LogP contribution in [0, 0.1) is 6.92 Å². The molecule has 0 aliphatic carbocycles. The van der Waals surface area contributed by atoms with Gasteiger partial charge in [-0.15, -0.1) is 0 Å². The summed E-state index contributed by atoms with van der Waals surface area (Å²) in [7, 11) is 0. The molecular weight excluding hydrogens is 306 g/mol. The topological polar surface area (TPSA) is 58.4 Å². The molecule has 1 aliphatic heterocycles. The van der Waals surface area contributed by atoms with E-state index in [9.17, 15) is 4.79 Å². The minimum Gasteiger partial charge on any atom is -0.355 e. The van der Waals surface area contributed by atoms with Gasteiger partial charge < -0.3 is 16.0 Å². The maximum Gasteiger partial charge on any atom is 0.242 e. The van der Waals surface area contributed by atoms with E-state index in [0.29, 0.717) is 19.5 Å². The third kappa shape index (κ3) is 2.92. The lowest BCUT2D eigenvalue weighted by molar-refractivity contribution is -0.123. The van der Waals surface area contributed by atoms with Crippen molar-refractivity contribution < 1.29 is 4.79 Å². The third-order valence-electron chi connectivity index (χ3n) is 3.56. The van der Waals surface area contributed by atoms with Crippen LogP contribution >= 0.6 is 15.9 Å². The number of halogens is 1. The van der Waals surface area contributed by atoms with Gasteiger partial charge in [0.2, 0.25) is 5.91 Å². The van der Waals surface area contributed by atoms with E-state index in [2.05, 4.69) is 52.1 Å². The minimum atomic E-state index is -0.172. The number of carbonyl (C=O) groups excluding carboxylic acids is 1. The molecule has 2 unspecified atom stereocenters. The first-order valence-corrected chi connectivity index (χ1v) is 7.36. The Hall–Kier alpha value is -1.07. The molecule has 0 saturated carbocycles. The predicted molar refractivity (Wildman–Crippen MR) is 81.3 cm³/mol. The average molecular weight is 326 g/mol. The van der Waals surface area contributed by atoms with Crippen LogP contribution in [0.1, 0.15) is 18.9 Å². The molecule has 0 bridgehead atoms. The lowest BCUT2D eigenvalue weighted by Gasteiger charge is -2.42. The Morgan fingerprint density at radius 2 is 2.26 bits per heavy atom. The number of amides is 1. The Kier molecular flexibility index (Phi) is 4.47. The lowest BCUT2D eigenvalue weighted by atomic mass is 10.0. The van der Waals surface area contributed by atoms with Crippen LogP contribution in [0.2, 0.25) is 0 Å². The van der Waals surface area contributed by atoms with Gasteiger partial charge in [0.1, 0.15) is 6.04 Å². The van der Waals surface area contributed by atoms with Crippen molar-refractivity contribution in [3.05, 3.63) is 28.2 Å². The van der Waals surface area contributed by atoms with Crippen LogP contribution < -0.4 is 16.0 Å². The van der Waals surface area contributed by atoms with Crippen LogP contribution in [0.25, 0.3) is 0 Å². The molecule has 0 radical (unpaired) electrons. The number of nitrogens with zero attached hydrogens (tertiary/aromatic N) is 1. The fraction of sp³-hybridized carbons (Fsp3) is 0.500. The summed E-state index contributed by atoms with van der Waals surface area (Å²) >= 11 is 3.51. The van der Waals surface area contributed by atoms with E-state index in [-0.39, 0.29) is 18.0 Å². The highest BCUT2D eigenvalue weighted by Gasteiger charge is 2.33. The van der Waals surface area contributed by atoms with Crippen molar-refractivity contribution in [1.82, 2.24) is 5.32 Å². The molecule has 4 nitrogen and oxygen atoms in total. The number of carbonyl (C=O) groups is 1. The fourth-order valence-corrected chi connectivity index (χ4v) is 2.80. The highest BCUT2D eigenvalue weighted by molar-refractivity contribution is 9.10. The number of aryl methyl sites for hydroxylation is 1. The van der Waals surface area contributed by atoms with Crippen LogP contribution in [0.15, 0.2) is 22.7 Å². The third-order valence-corrected chi connectivity index (χ3v) is 4.45. The number of hydrogen-bond acceptors (Lipinski definition) is 3. The van der Waals surface area contributed by atoms with Gasteiger partial charge in [-0.3, -0.25) is 4.79 Å². The van der Waals surface area contributed by atoms with E-state index in [1.165, 1.54) is 5.56 Å². The molecule has 1 aromatic carbocycles. The molecule has 1 heterocycles. The van der Waals surface area contributed by atoms with Crippen LogP contribution in [0.4, 0.5) is 5.69 Å². The zero-order valence-corrected chi connectivity index (χ0v) is 12.9. The largest absolute Gasteiger partial charge is 0.355 e. The second kappa shape index (κ2) is 5.92. The number of nitrogens with two attached hydrogens (primary N) is 1. The molecule has 2 rings (SSSR count). The Labute approximate surface area is 122 Å². The van der Waals surface area contributed by atoms with E-state index >= 15 is 0 Å². The molecular formula is C14H20BrN3O. The van der Waals surface area contributed by atoms with Crippen LogP contribution in [0.5, 0.6) is 0 Å². The fourth-order valence-electron chi connectivity index (χ4n) is 2.55. The molecule has 1 aliphatic rings. The molecule has 0 spiro atoms. The summed E-state index contributed by atoms with van der Waals surface area (Å²) in [6, 6.07) is 6.30. The van der Waals surface area contributed by atoms with Gasteiger partial charge in [0.05, 0.1) is 0 Å². The van der Waals surface area contributed by atoms with E-state index < -0.39 is 0 Å². The lowest BCUT2D eigenvalue weighted by Crippen LogP contribution is -2.60. The quantitative estimate of drug-likeness (QED) is 0.890. The van der Waals surface area contributed by atoms with Gasteiger partial charge in [-0.05, 0) is 50.6 Å². The van der Waals surface area contributed by atoms with Gasteiger partial charge in [-0.2, -0.15) is 0 Å². The number of anilines is 1. The minimum absolute atomic E-state index is 0.0733. The number of hydrogen-bond donors (Lipinski definition) is 2. The van der Waals surface area contributed by atoms with Crippen molar-refractivity contribution in [2.24, 2.45) is 5.73 Å². The molecule has 0 aromatic heterocycles. The normalized spacial score (nSPS) is 23.4. The summed E-state index contributed by atoms with van der Waals surface area (Å²) in [5.74, 6) is 0.0733. The summed E-state index contributed by atoms with van der Waals surface area (Å²) in [6.07, 6.45) is 0.672. The first-order valence-electron chi connectivity index (χ1n) is 6.57. The molecule has 1 saturated heterocycles. The van der Waals surface area contributed by atoms with Crippen molar-refractivity contribution >= 4 is 27.5 Å². The molecule has 1 aromatic rings. The average Bonchev–Trinajstić information content (AvgIpc) is 2.38. The molecule has 1 amide bonds. The maximum atomic E-state index is 12.0. The highest BCUT2D eigenvalue weighted by atomic mass is 79.9. The number of piperazine rings is 1. The second-order valence-electron chi connectivity index (χ2n) is 5.03. The molecule has 104 valence electrons. The van der Waals surface area contributed by atoms with Gasteiger partial charge in [-0.25, -0.2) is 0 Å². The summed E-state index contributed by atoms with van der Waals surface area (Å²) < 4.78 is 1.08. The number of benzene rings is 1. The molecule has 3 N–H and O–H groups in total. The smallest absolute Gasteiger partial charge is 0.242 e. The van der Waals surface area contributed by atoms with Gasteiger partial charge in [0, 0.05) is 22.7 Å². The van der Waals surface area contributed by atoms with Crippen molar-refractivity contribution in [3.63, 3.8) is 0 Å². The van der Waals surface area contributed by atoms with Gasteiger partial charge in [0.25, 0.3) is 0 Å². The van der Waals surface area contributed by atoms with Crippen molar-refractivity contribution in [2.75, 3.05) is 18.0 Å². The second-order valence-corrected chi connectivity index (χ2v) is 5.88. The van der Waals surface area contributed by atoms with E-state index in [0.717, 1.165) is 10.2 Å². The van der Waals surface area contributed by atoms with E-state index in [1.54, 1.807) is 0 Å². The summed E-state index contributed by atoms with van der Waals surface area (Å²) in [5.41, 5.74) is 7.90. The van der Waals surface area contributed by atoms with Crippen LogP contribution in [0.3, 0.4) is 0 Å². The van der Waals surface area contributed by atoms with Crippen LogP contribution in [-0.2, 0) is 4.79 Å². The van der Waals surface area contributed by atoms with Crippen LogP contribution in [-0.4, -0.2) is 31.1 Å². The molecule has 1 fully saturated rings. The number of nitrogens with one attached hydrogen (secondary N) is 1. The van der Waals surface area contributed by atoms with Crippen molar-refractivity contribution in [2.45, 2.75) is 32.4 Å². The predicted octanol–water partition coefficient (Wildman–Crippen LogP) is 1.80. The summed E-state index contributed by atoms with van der Waals surface area (Å²) in [6.45, 7) is 5.37. The molecule has 2 atom stereocenters. The molecule has 5 heteroatoms. The Balaban J connectivity index is 2.36. The van der Waals surface area contributed by atoms with Crippen molar-refractivity contribution in [3.8, 4) is 0 Å². The monoisotopic (exact) mass is 325 g/mol. The van der Waals surface area contributed by atoms with Crippen molar-refractivity contribution in [1.29, 1.82) is 0 Å². The SMILES string of the molecule is Cc1cc(N2C(C)CNC(=O)C2CCN)ccc1Br. The van der Waals surface area contributed by atoms with Gasteiger partial charge in [0.15, 0.2) is 0 Å². The van der Waals surface area contributed by atoms with E-state index in [1.807, 2.05) is 6.07 Å². The Morgan fingerprint density at radius 3 is 2.89 bits per heavy atom. The van der Waals surface area contributed by atoms with Gasteiger partial charge >= 0.3 is 0 Å². The zero-order chi connectivity index (χ0) is 14.0. The first-order chi connectivity index (χ1) is 9.04. The first kappa shape index (κ1) is 14.3. The number of rotatable bonds is 3. The summed E-state index contributed by atoms with van der Waals surface area (Å²) in [5, 5.41) is 2.95.